The zero-order chi connectivity index (χ0) is 16.7. The van der Waals surface area contributed by atoms with Crippen molar-refractivity contribution in [2.45, 2.75) is 59.4 Å². The van der Waals surface area contributed by atoms with Gasteiger partial charge in [-0.15, -0.1) is 0 Å². The molecule has 23 heavy (non-hydrogen) atoms. The van der Waals surface area contributed by atoms with Crippen molar-refractivity contribution in [2.24, 2.45) is 10.8 Å². The van der Waals surface area contributed by atoms with Crippen LogP contribution in [-0.2, 0) is 0 Å². The minimum atomic E-state index is -0.0685. The van der Waals surface area contributed by atoms with Crippen LogP contribution in [0.1, 0.15) is 63.7 Å². The van der Waals surface area contributed by atoms with Gasteiger partial charge in [0, 0.05) is 31.5 Å². The minimum absolute atomic E-state index is 0.0685. The molecule has 0 bridgehead atoms. The molecule has 0 atom stereocenters. The summed E-state index contributed by atoms with van der Waals surface area (Å²) in [6, 6.07) is 0.185. The molecule has 0 radical (unpaired) electrons. The van der Waals surface area contributed by atoms with Crippen LogP contribution in [0.3, 0.4) is 0 Å². The monoisotopic (exact) mass is 316 g/mol. The van der Waals surface area contributed by atoms with Gasteiger partial charge in [0.05, 0.1) is 5.56 Å². The Labute approximate surface area is 138 Å². The Morgan fingerprint density at radius 2 is 1.65 bits per heavy atom. The minimum Gasteiger partial charge on any atom is -0.348 e. The van der Waals surface area contributed by atoms with Crippen molar-refractivity contribution in [2.75, 3.05) is 18.0 Å². The summed E-state index contributed by atoms with van der Waals surface area (Å²) in [6.45, 7) is 10.8. The van der Waals surface area contributed by atoms with E-state index in [1.165, 1.54) is 19.3 Å². The standard InChI is InChI=1S/C18H28N4O/c1-17(2)12-18(3,4)15(17)21-14(23)13-10-19-16(20-11-13)22-8-6-5-7-9-22/h10-11,15H,5-9,12H2,1-4H3,(H,21,23). The fourth-order valence-electron chi connectivity index (χ4n) is 4.61. The summed E-state index contributed by atoms with van der Waals surface area (Å²) >= 11 is 0. The molecule has 3 rings (SSSR count). The van der Waals surface area contributed by atoms with Crippen molar-refractivity contribution in [3.63, 3.8) is 0 Å². The molecule has 1 aromatic heterocycles. The Balaban J connectivity index is 1.66. The zero-order valence-corrected chi connectivity index (χ0v) is 14.7. The Hall–Kier alpha value is -1.65. The molecule has 5 heteroatoms. The smallest absolute Gasteiger partial charge is 0.254 e. The van der Waals surface area contributed by atoms with E-state index >= 15 is 0 Å². The zero-order valence-electron chi connectivity index (χ0n) is 14.7. The molecule has 0 spiro atoms. The third-order valence-electron chi connectivity index (χ3n) is 5.29. The molecule has 1 aromatic rings. The summed E-state index contributed by atoms with van der Waals surface area (Å²) < 4.78 is 0. The summed E-state index contributed by atoms with van der Waals surface area (Å²) in [6.07, 6.45) is 8.10. The fourth-order valence-corrected chi connectivity index (χ4v) is 4.61. The first-order valence-corrected chi connectivity index (χ1v) is 8.67. The summed E-state index contributed by atoms with van der Waals surface area (Å²) in [5, 5.41) is 3.18. The average molecular weight is 316 g/mol. The highest BCUT2D eigenvalue weighted by Crippen LogP contribution is 2.53. The van der Waals surface area contributed by atoms with Crippen molar-refractivity contribution < 1.29 is 4.79 Å². The first-order valence-electron chi connectivity index (χ1n) is 8.67. The van der Waals surface area contributed by atoms with Gasteiger partial charge in [-0.05, 0) is 36.5 Å². The van der Waals surface area contributed by atoms with Gasteiger partial charge in [-0.25, -0.2) is 9.97 Å². The number of hydrogen-bond acceptors (Lipinski definition) is 4. The van der Waals surface area contributed by atoms with Crippen LogP contribution in [-0.4, -0.2) is 35.0 Å². The molecule has 1 N–H and O–H groups in total. The van der Waals surface area contributed by atoms with E-state index in [1.54, 1.807) is 12.4 Å². The van der Waals surface area contributed by atoms with Gasteiger partial charge < -0.3 is 10.2 Å². The molecule has 1 aliphatic heterocycles. The molecule has 0 aromatic carbocycles. The number of anilines is 1. The van der Waals surface area contributed by atoms with Crippen LogP contribution in [0.5, 0.6) is 0 Å². The quantitative estimate of drug-likeness (QED) is 0.931. The SMILES string of the molecule is CC1(C)CC(C)(C)C1NC(=O)c1cnc(N2CCCCC2)nc1. The Kier molecular flexibility index (Phi) is 4.07. The van der Waals surface area contributed by atoms with E-state index in [0.29, 0.717) is 5.56 Å². The maximum absolute atomic E-state index is 12.5. The van der Waals surface area contributed by atoms with E-state index in [0.717, 1.165) is 25.5 Å². The van der Waals surface area contributed by atoms with Crippen LogP contribution in [0.15, 0.2) is 12.4 Å². The maximum atomic E-state index is 12.5. The molecule has 2 heterocycles. The lowest BCUT2D eigenvalue weighted by Gasteiger charge is -2.57. The fraction of sp³-hybridized carbons (Fsp3) is 0.722. The Morgan fingerprint density at radius 3 is 2.17 bits per heavy atom. The molecule has 1 saturated carbocycles. The normalized spacial score (nSPS) is 23.2. The average Bonchev–Trinajstić information content (AvgIpc) is 2.52. The molecule has 0 unspecified atom stereocenters. The predicted molar refractivity (Wildman–Crippen MR) is 91.5 cm³/mol. The molecular formula is C18H28N4O. The molecule has 2 fully saturated rings. The highest BCUT2D eigenvalue weighted by molar-refractivity contribution is 5.94. The predicted octanol–water partition coefficient (Wildman–Crippen LogP) is 3.02. The largest absolute Gasteiger partial charge is 0.348 e. The van der Waals surface area contributed by atoms with E-state index < -0.39 is 0 Å². The summed E-state index contributed by atoms with van der Waals surface area (Å²) in [5.41, 5.74) is 0.839. The number of hydrogen-bond donors (Lipinski definition) is 1. The molecule has 1 saturated heterocycles. The van der Waals surface area contributed by atoms with Crippen LogP contribution in [0.2, 0.25) is 0 Å². The lowest BCUT2D eigenvalue weighted by molar-refractivity contribution is -0.0366. The lowest BCUT2D eigenvalue weighted by Crippen LogP contribution is -2.63. The van der Waals surface area contributed by atoms with E-state index in [-0.39, 0.29) is 22.8 Å². The molecule has 2 aliphatic rings. The van der Waals surface area contributed by atoms with E-state index in [4.69, 9.17) is 0 Å². The van der Waals surface area contributed by atoms with Gasteiger partial charge in [0.25, 0.3) is 5.91 Å². The van der Waals surface area contributed by atoms with Crippen LogP contribution >= 0.6 is 0 Å². The van der Waals surface area contributed by atoms with E-state index in [1.807, 2.05) is 0 Å². The summed E-state index contributed by atoms with van der Waals surface area (Å²) in [4.78, 5) is 23.5. The van der Waals surface area contributed by atoms with Crippen LogP contribution < -0.4 is 10.2 Å². The number of carbonyl (C=O) groups is 1. The van der Waals surface area contributed by atoms with Crippen molar-refractivity contribution in [1.82, 2.24) is 15.3 Å². The van der Waals surface area contributed by atoms with Crippen LogP contribution in [0, 0.1) is 10.8 Å². The number of amides is 1. The number of nitrogens with one attached hydrogen (secondary N) is 1. The Bertz CT molecular complexity index is 559. The Morgan fingerprint density at radius 1 is 1.09 bits per heavy atom. The molecule has 126 valence electrons. The van der Waals surface area contributed by atoms with Gasteiger partial charge >= 0.3 is 0 Å². The van der Waals surface area contributed by atoms with Gasteiger partial charge in [0.1, 0.15) is 0 Å². The van der Waals surface area contributed by atoms with Gasteiger partial charge in [0.15, 0.2) is 0 Å². The van der Waals surface area contributed by atoms with Crippen LogP contribution in [0.25, 0.3) is 0 Å². The first-order chi connectivity index (χ1) is 10.8. The van der Waals surface area contributed by atoms with Gasteiger partial charge in [-0.1, -0.05) is 27.7 Å². The number of nitrogens with zero attached hydrogens (tertiary/aromatic N) is 3. The molecular weight excluding hydrogens is 288 g/mol. The van der Waals surface area contributed by atoms with E-state index in [9.17, 15) is 4.79 Å². The number of aromatic nitrogens is 2. The molecule has 1 amide bonds. The number of carbonyl (C=O) groups excluding carboxylic acids is 1. The topological polar surface area (TPSA) is 58.1 Å². The maximum Gasteiger partial charge on any atom is 0.254 e. The highest BCUT2D eigenvalue weighted by Gasteiger charge is 2.53. The van der Waals surface area contributed by atoms with Crippen molar-refractivity contribution >= 4 is 11.9 Å². The summed E-state index contributed by atoms with van der Waals surface area (Å²) in [7, 11) is 0. The van der Waals surface area contributed by atoms with Gasteiger partial charge in [-0.2, -0.15) is 0 Å². The third-order valence-corrected chi connectivity index (χ3v) is 5.29. The molecule has 1 aliphatic carbocycles. The van der Waals surface area contributed by atoms with Crippen molar-refractivity contribution in [1.29, 1.82) is 0 Å². The molecule has 5 nitrogen and oxygen atoms in total. The lowest BCUT2D eigenvalue weighted by atomic mass is 9.52. The summed E-state index contributed by atoms with van der Waals surface area (Å²) in [5.74, 6) is 0.673. The second kappa shape index (κ2) is 5.77. The van der Waals surface area contributed by atoms with Crippen molar-refractivity contribution in [3.05, 3.63) is 18.0 Å². The first kappa shape index (κ1) is 16.2. The number of rotatable bonds is 3. The third kappa shape index (κ3) is 3.19. The van der Waals surface area contributed by atoms with Crippen molar-refractivity contribution in [3.8, 4) is 0 Å². The van der Waals surface area contributed by atoms with Crippen LogP contribution in [0.4, 0.5) is 5.95 Å². The highest BCUT2D eigenvalue weighted by atomic mass is 16.1. The second-order valence-electron chi connectivity index (χ2n) is 8.38. The van der Waals surface area contributed by atoms with E-state index in [2.05, 4.69) is 47.9 Å². The second-order valence-corrected chi connectivity index (χ2v) is 8.38. The van der Waals surface area contributed by atoms with Gasteiger partial charge in [0.2, 0.25) is 5.95 Å². The van der Waals surface area contributed by atoms with Gasteiger partial charge in [-0.3, -0.25) is 4.79 Å². The number of piperidine rings is 1.